The molecule has 90 valence electrons. The van der Waals surface area contributed by atoms with Crippen molar-refractivity contribution >= 4 is 5.91 Å². The van der Waals surface area contributed by atoms with Gasteiger partial charge in [0.15, 0.2) is 0 Å². The molecule has 0 spiro atoms. The van der Waals surface area contributed by atoms with Crippen molar-refractivity contribution in [2.24, 2.45) is 5.92 Å². The van der Waals surface area contributed by atoms with E-state index in [0.29, 0.717) is 17.5 Å². The lowest BCUT2D eigenvalue weighted by Crippen LogP contribution is -2.38. The van der Waals surface area contributed by atoms with E-state index in [2.05, 4.69) is 4.98 Å². The molecule has 4 heteroatoms. The third-order valence-electron chi connectivity index (χ3n) is 3.86. The van der Waals surface area contributed by atoms with Gasteiger partial charge in [0.2, 0.25) is 0 Å². The fraction of sp³-hybridized carbons (Fsp3) is 0.538. The summed E-state index contributed by atoms with van der Waals surface area (Å²) in [4.78, 5) is 18.4. The number of fused-ring (bicyclic) bond motifs is 2. The smallest absolute Gasteiger partial charge is 0.272 e. The predicted octanol–water partition coefficient (Wildman–Crippen LogP) is 1.71. The molecule has 1 aliphatic heterocycles. The van der Waals surface area contributed by atoms with E-state index in [1.165, 1.54) is 12.8 Å². The first-order valence-corrected chi connectivity index (χ1v) is 6.09. The van der Waals surface area contributed by atoms with Crippen LogP contribution in [0.2, 0.25) is 0 Å². The molecule has 2 atom stereocenters. The second-order valence-corrected chi connectivity index (χ2v) is 4.87. The summed E-state index contributed by atoms with van der Waals surface area (Å²) in [7, 11) is 1.60. The highest BCUT2D eigenvalue weighted by Crippen LogP contribution is 2.37. The van der Waals surface area contributed by atoms with Crippen LogP contribution in [0.4, 0.5) is 0 Å². The molecule has 2 bridgehead atoms. The normalized spacial score (nSPS) is 26.3. The SMILES string of the molecule is COc1ccnc(C(=O)N2CC3CCC2C3)c1. The highest BCUT2D eigenvalue weighted by atomic mass is 16.5. The van der Waals surface area contributed by atoms with Crippen LogP contribution in [0.5, 0.6) is 5.75 Å². The quantitative estimate of drug-likeness (QED) is 0.779. The molecular formula is C13H16N2O2. The fourth-order valence-electron chi connectivity index (χ4n) is 2.98. The van der Waals surface area contributed by atoms with Crippen molar-refractivity contribution in [3.8, 4) is 5.75 Å². The number of aromatic nitrogens is 1. The minimum Gasteiger partial charge on any atom is -0.497 e. The zero-order valence-electron chi connectivity index (χ0n) is 9.93. The van der Waals surface area contributed by atoms with Crippen LogP contribution < -0.4 is 4.74 Å². The lowest BCUT2D eigenvalue weighted by Gasteiger charge is -2.26. The zero-order valence-corrected chi connectivity index (χ0v) is 9.93. The van der Waals surface area contributed by atoms with Crippen molar-refractivity contribution in [2.45, 2.75) is 25.3 Å². The molecule has 1 aliphatic carbocycles. The number of methoxy groups -OCH3 is 1. The Labute approximate surface area is 101 Å². The third kappa shape index (κ3) is 1.77. The first-order chi connectivity index (χ1) is 8.28. The predicted molar refractivity (Wildman–Crippen MR) is 63.0 cm³/mol. The molecule has 17 heavy (non-hydrogen) atoms. The van der Waals surface area contributed by atoms with E-state index >= 15 is 0 Å². The van der Waals surface area contributed by atoms with E-state index in [9.17, 15) is 4.79 Å². The van der Waals surface area contributed by atoms with Gasteiger partial charge in [-0.05, 0) is 31.2 Å². The van der Waals surface area contributed by atoms with Crippen LogP contribution in [0.15, 0.2) is 18.3 Å². The van der Waals surface area contributed by atoms with Crippen LogP contribution in [0.3, 0.4) is 0 Å². The van der Waals surface area contributed by atoms with Gasteiger partial charge in [0.05, 0.1) is 7.11 Å². The maximum absolute atomic E-state index is 12.3. The number of hydrogen-bond donors (Lipinski definition) is 0. The van der Waals surface area contributed by atoms with Gasteiger partial charge in [-0.2, -0.15) is 0 Å². The number of hydrogen-bond acceptors (Lipinski definition) is 3. The summed E-state index contributed by atoms with van der Waals surface area (Å²) in [6, 6.07) is 3.92. The van der Waals surface area contributed by atoms with E-state index in [0.717, 1.165) is 18.9 Å². The largest absolute Gasteiger partial charge is 0.497 e. The monoisotopic (exact) mass is 232 g/mol. The number of nitrogens with zero attached hydrogens (tertiary/aromatic N) is 2. The Hall–Kier alpha value is -1.58. The number of piperidine rings is 1. The van der Waals surface area contributed by atoms with Crippen molar-refractivity contribution < 1.29 is 9.53 Å². The lowest BCUT2D eigenvalue weighted by molar-refractivity contribution is 0.0697. The van der Waals surface area contributed by atoms with Crippen LogP contribution >= 0.6 is 0 Å². The summed E-state index contributed by atoms with van der Waals surface area (Å²) in [5, 5.41) is 0. The molecule has 2 unspecified atom stereocenters. The van der Waals surface area contributed by atoms with Gasteiger partial charge >= 0.3 is 0 Å². The average molecular weight is 232 g/mol. The van der Waals surface area contributed by atoms with Crippen LogP contribution in [0.1, 0.15) is 29.8 Å². The molecule has 0 N–H and O–H groups in total. The molecule has 1 saturated heterocycles. The van der Waals surface area contributed by atoms with Crippen molar-refractivity contribution in [2.75, 3.05) is 13.7 Å². The molecule has 0 radical (unpaired) electrons. The molecule has 2 heterocycles. The van der Waals surface area contributed by atoms with Crippen LogP contribution in [-0.2, 0) is 0 Å². The first-order valence-electron chi connectivity index (χ1n) is 6.09. The lowest BCUT2D eigenvalue weighted by atomic mass is 10.1. The molecule has 2 aliphatic rings. The third-order valence-corrected chi connectivity index (χ3v) is 3.86. The van der Waals surface area contributed by atoms with Crippen molar-refractivity contribution in [1.29, 1.82) is 0 Å². The van der Waals surface area contributed by atoms with Gasteiger partial charge in [-0.25, -0.2) is 0 Å². The van der Waals surface area contributed by atoms with Gasteiger partial charge in [-0.3, -0.25) is 9.78 Å². The van der Waals surface area contributed by atoms with Gasteiger partial charge in [-0.15, -0.1) is 0 Å². The van der Waals surface area contributed by atoms with E-state index in [1.54, 1.807) is 25.4 Å². The topological polar surface area (TPSA) is 42.4 Å². The number of rotatable bonds is 2. The van der Waals surface area contributed by atoms with E-state index in [4.69, 9.17) is 4.74 Å². The average Bonchev–Trinajstić information content (AvgIpc) is 3.00. The highest BCUT2D eigenvalue weighted by Gasteiger charge is 2.40. The highest BCUT2D eigenvalue weighted by molar-refractivity contribution is 5.93. The van der Waals surface area contributed by atoms with E-state index in [-0.39, 0.29) is 5.91 Å². The maximum Gasteiger partial charge on any atom is 0.272 e. The van der Waals surface area contributed by atoms with Crippen LogP contribution in [0, 0.1) is 5.92 Å². The van der Waals surface area contributed by atoms with Crippen LogP contribution in [-0.4, -0.2) is 35.5 Å². The van der Waals surface area contributed by atoms with Gasteiger partial charge in [0.1, 0.15) is 11.4 Å². The molecule has 4 nitrogen and oxygen atoms in total. The minimum atomic E-state index is 0.0519. The molecule has 0 aromatic carbocycles. The Balaban J connectivity index is 1.81. The Morgan fingerprint density at radius 2 is 2.41 bits per heavy atom. The van der Waals surface area contributed by atoms with E-state index in [1.807, 2.05) is 4.90 Å². The number of likely N-dealkylation sites (tertiary alicyclic amines) is 1. The summed E-state index contributed by atoms with van der Waals surface area (Å²) in [5.74, 6) is 1.46. The molecule has 2 fully saturated rings. The summed E-state index contributed by atoms with van der Waals surface area (Å²) in [6.07, 6.45) is 5.23. The molecule has 1 aromatic rings. The van der Waals surface area contributed by atoms with Crippen LogP contribution in [0.25, 0.3) is 0 Å². The number of amides is 1. The summed E-state index contributed by atoms with van der Waals surface area (Å²) in [6.45, 7) is 0.905. The van der Waals surface area contributed by atoms with Crippen molar-refractivity contribution in [3.63, 3.8) is 0 Å². The maximum atomic E-state index is 12.3. The van der Waals surface area contributed by atoms with Gasteiger partial charge in [0.25, 0.3) is 5.91 Å². The van der Waals surface area contributed by atoms with Crippen molar-refractivity contribution in [1.82, 2.24) is 9.88 Å². The van der Waals surface area contributed by atoms with Gasteiger partial charge in [-0.1, -0.05) is 0 Å². The molecule has 1 saturated carbocycles. The Bertz CT molecular complexity index is 447. The summed E-state index contributed by atoms with van der Waals surface area (Å²) < 4.78 is 5.12. The molecule has 1 amide bonds. The number of ether oxygens (including phenoxy) is 1. The minimum absolute atomic E-state index is 0.0519. The summed E-state index contributed by atoms with van der Waals surface area (Å²) in [5.41, 5.74) is 0.497. The van der Waals surface area contributed by atoms with Gasteiger partial charge < -0.3 is 9.64 Å². The molecule has 3 rings (SSSR count). The second kappa shape index (κ2) is 4.02. The Morgan fingerprint density at radius 3 is 3.06 bits per heavy atom. The van der Waals surface area contributed by atoms with Crippen molar-refractivity contribution in [3.05, 3.63) is 24.0 Å². The molecule has 1 aromatic heterocycles. The number of pyridine rings is 1. The van der Waals surface area contributed by atoms with E-state index < -0.39 is 0 Å². The Kier molecular flexibility index (Phi) is 2.50. The Morgan fingerprint density at radius 1 is 1.53 bits per heavy atom. The summed E-state index contributed by atoms with van der Waals surface area (Å²) >= 11 is 0. The number of carbonyl (C=O) groups excluding carboxylic acids is 1. The molecular weight excluding hydrogens is 216 g/mol. The second-order valence-electron chi connectivity index (χ2n) is 4.87. The zero-order chi connectivity index (χ0) is 11.8. The first kappa shape index (κ1) is 10.6. The van der Waals surface area contributed by atoms with Gasteiger partial charge in [0, 0.05) is 24.8 Å². The standard InChI is InChI=1S/C13H16N2O2/c1-17-11-4-5-14-12(7-11)13(16)15-8-9-2-3-10(15)6-9/h4-5,7,9-10H,2-3,6,8H2,1H3. The fourth-order valence-corrected chi connectivity index (χ4v) is 2.98. The number of carbonyl (C=O) groups is 1.